The molecule has 2 heterocycles. The molecule has 1 aromatic carbocycles. The van der Waals surface area contributed by atoms with Gasteiger partial charge in [-0.1, -0.05) is 0 Å². The highest BCUT2D eigenvalue weighted by Gasteiger charge is 2.30. The lowest BCUT2D eigenvalue weighted by molar-refractivity contribution is -0.274. The predicted octanol–water partition coefficient (Wildman–Crippen LogP) is 2.20. The van der Waals surface area contributed by atoms with Gasteiger partial charge in [0, 0.05) is 17.7 Å². The third-order valence-corrected chi connectivity index (χ3v) is 3.71. The van der Waals surface area contributed by atoms with Crippen molar-refractivity contribution in [2.75, 3.05) is 5.32 Å². The molecule has 3 aromatic rings. The van der Waals surface area contributed by atoms with E-state index in [0.717, 1.165) is 12.1 Å². The van der Waals surface area contributed by atoms with Gasteiger partial charge in [-0.15, -0.1) is 13.2 Å². The van der Waals surface area contributed by atoms with E-state index in [-0.39, 0.29) is 29.9 Å². The van der Waals surface area contributed by atoms with Gasteiger partial charge in [0.2, 0.25) is 5.91 Å². The average Bonchev–Trinajstić information content (AvgIpc) is 3.03. The van der Waals surface area contributed by atoms with Gasteiger partial charge in [-0.05, 0) is 37.6 Å². The van der Waals surface area contributed by atoms with Gasteiger partial charge in [-0.2, -0.15) is 4.52 Å². The van der Waals surface area contributed by atoms with Crippen molar-refractivity contribution in [3.05, 3.63) is 52.2 Å². The minimum Gasteiger partial charge on any atom is -0.406 e. The topological polar surface area (TPSA) is 101 Å². The van der Waals surface area contributed by atoms with Crippen LogP contribution in [0.4, 0.5) is 18.9 Å². The smallest absolute Gasteiger partial charge is 0.406 e. The molecule has 0 saturated heterocycles. The first-order valence-electron chi connectivity index (χ1n) is 7.80. The van der Waals surface area contributed by atoms with E-state index >= 15 is 0 Å². The van der Waals surface area contributed by atoms with Gasteiger partial charge >= 0.3 is 6.36 Å². The number of amides is 1. The molecule has 142 valence electrons. The lowest BCUT2D eigenvalue weighted by atomic mass is 10.1. The number of hydrogen-bond donors (Lipinski definition) is 2. The second-order valence-electron chi connectivity index (χ2n) is 5.62. The number of carbonyl (C=O) groups excluding carboxylic acids is 1. The maximum atomic E-state index is 12.3. The lowest BCUT2D eigenvalue weighted by Crippen LogP contribution is -2.23. The summed E-state index contributed by atoms with van der Waals surface area (Å²) in [4.78, 5) is 32.5. The molecule has 0 saturated carbocycles. The summed E-state index contributed by atoms with van der Waals surface area (Å²) in [6, 6.07) is 4.76. The SMILES string of the molecule is Cc1nc2nc[nH]n2c(=O)c1CCC(=O)Nc1ccc(OC(F)(F)F)cc1. The molecule has 2 aromatic heterocycles. The summed E-state index contributed by atoms with van der Waals surface area (Å²) in [6.45, 7) is 1.66. The first-order chi connectivity index (χ1) is 12.7. The summed E-state index contributed by atoms with van der Waals surface area (Å²) in [5, 5.41) is 5.19. The highest BCUT2D eigenvalue weighted by molar-refractivity contribution is 5.90. The Morgan fingerprint density at radius 3 is 2.67 bits per heavy atom. The largest absolute Gasteiger partial charge is 0.573 e. The zero-order chi connectivity index (χ0) is 19.6. The highest BCUT2D eigenvalue weighted by Crippen LogP contribution is 2.24. The van der Waals surface area contributed by atoms with Crippen LogP contribution in [0, 0.1) is 6.92 Å². The monoisotopic (exact) mass is 381 g/mol. The molecule has 0 aliphatic carbocycles. The first kappa shape index (κ1) is 18.4. The van der Waals surface area contributed by atoms with Crippen molar-refractivity contribution in [3.63, 3.8) is 0 Å². The molecule has 0 aliphatic heterocycles. The normalized spacial score (nSPS) is 11.6. The minimum atomic E-state index is -4.78. The molecule has 2 N–H and O–H groups in total. The van der Waals surface area contributed by atoms with Crippen LogP contribution in [0.2, 0.25) is 0 Å². The summed E-state index contributed by atoms with van der Waals surface area (Å²) in [7, 11) is 0. The van der Waals surface area contributed by atoms with Crippen molar-refractivity contribution >= 4 is 17.4 Å². The van der Waals surface area contributed by atoms with E-state index in [1.165, 1.54) is 23.0 Å². The van der Waals surface area contributed by atoms with Gasteiger partial charge in [0.25, 0.3) is 11.3 Å². The van der Waals surface area contributed by atoms with E-state index in [1.807, 2.05) is 0 Å². The number of nitrogens with zero attached hydrogens (tertiary/aromatic N) is 3. The van der Waals surface area contributed by atoms with E-state index in [4.69, 9.17) is 0 Å². The van der Waals surface area contributed by atoms with Crippen molar-refractivity contribution in [1.29, 1.82) is 0 Å². The lowest BCUT2D eigenvalue weighted by Gasteiger charge is -2.10. The number of halogens is 3. The third-order valence-electron chi connectivity index (χ3n) is 3.71. The molecule has 0 atom stereocenters. The maximum Gasteiger partial charge on any atom is 0.573 e. The van der Waals surface area contributed by atoms with E-state index < -0.39 is 12.3 Å². The zero-order valence-corrected chi connectivity index (χ0v) is 14.0. The molecule has 0 spiro atoms. The van der Waals surface area contributed by atoms with Crippen LogP contribution < -0.4 is 15.6 Å². The molecule has 3 rings (SSSR count). The summed E-state index contributed by atoms with van der Waals surface area (Å²) >= 11 is 0. The van der Waals surface area contributed by atoms with E-state index in [0.29, 0.717) is 16.9 Å². The Morgan fingerprint density at radius 1 is 1.30 bits per heavy atom. The van der Waals surface area contributed by atoms with Crippen LogP contribution in [0.15, 0.2) is 35.4 Å². The number of aromatic nitrogens is 4. The number of anilines is 1. The number of H-pyrrole nitrogens is 1. The van der Waals surface area contributed by atoms with Crippen molar-refractivity contribution in [2.24, 2.45) is 0 Å². The molecule has 27 heavy (non-hydrogen) atoms. The van der Waals surface area contributed by atoms with Crippen molar-refractivity contribution in [3.8, 4) is 5.75 Å². The van der Waals surface area contributed by atoms with Crippen LogP contribution in [-0.4, -0.2) is 31.9 Å². The molecule has 0 aliphatic rings. The van der Waals surface area contributed by atoms with Crippen LogP contribution in [0.3, 0.4) is 0 Å². The van der Waals surface area contributed by atoms with Crippen LogP contribution in [0.1, 0.15) is 17.7 Å². The number of carbonyl (C=O) groups is 1. The molecule has 0 bridgehead atoms. The van der Waals surface area contributed by atoms with Crippen LogP contribution >= 0.6 is 0 Å². The number of rotatable bonds is 5. The van der Waals surface area contributed by atoms with Crippen LogP contribution in [-0.2, 0) is 11.2 Å². The number of fused-ring (bicyclic) bond motifs is 1. The fraction of sp³-hybridized carbons (Fsp3) is 0.250. The standard InChI is InChI=1S/C16H14F3N5O3/c1-9-12(14(26)24-15(22-9)20-8-21-24)6-7-13(25)23-10-2-4-11(5-3-10)27-16(17,18)19/h2-5,8H,6-7H2,1H3,(H,23,25)(H,20,21,22). The Bertz CT molecular complexity index is 1020. The Balaban J connectivity index is 1.63. The average molecular weight is 381 g/mol. The summed E-state index contributed by atoms with van der Waals surface area (Å²) in [5.74, 6) is -0.539. The fourth-order valence-electron chi connectivity index (χ4n) is 2.49. The molecular weight excluding hydrogens is 367 g/mol. The molecule has 11 heteroatoms. The molecule has 0 radical (unpaired) electrons. The second kappa shape index (κ2) is 7.09. The number of ether oxygens (including phenoxy) is 1. The molecule has 0 fully saturated rings. The number of aryl methyl sites for hydroxylation is 1. The predicted molar refractivity (Wildman–Crippen MR) is 88.4 cm³/mol. The third kappa shape index (κ3) is 4.43. The Hall–Kier alpha value is -3.37. The first-order valence-corrected chi connectivity index (χ1v) is 7.80. The van der Waals surface area contributed by atoms with Gasteiger partial charge in [-0.25, -0.2) is 9.97 Å². The summed E-state index contributed by atoms with van der Waals surface area (Å²) in [6.07, 6.45) is -3.29. The quantitative estimate of drug-likeness (QED) is 0.706. The number of hydrogen-bond acceptors (Lipinski definition) is 5. The van der Waals surface area contributed by atoms with Gasteiger partial charge in [-0.3, -0.25) is 14.7 Å². The zero-order valence-electron chi connectivity index (χ0n) is 14.0. The van der Waals surface area contributed by atoms with Gasteiger partial charge in [0.15, 0.2) is 0 Å². The highest BCUT2D eigenvalue weighted by atomic mass is 19.4. The molecule has 1 amide bonds. The van der Waals surface area contributed by atoms with Crippen molar-refractivity contribution < 1.29 is 22.7 Å². The van der Waals surface area contributed by atoms with Gasteiger partial charge in [0.05, 0.1) is 5.69 Å². The second-order valence-corrected chi connectivity index (χ2v) is 5.62. The van der Waals surface area contributed by atoms with Gasteiger partial charge < -0.3 is 10.1 Å². The molecule has 0 unspecified atom stereocenters. The van der Waals surface area contributed by atoms with Crippen LogP contribution in [0.25, 0.3) is 5.78 Å². The van der Waals surface area contributed by atoms with E-state index in [9.17, 15) is 22.8 Å². The van der Waals surface area contributed by atoms with Crippen LogP contribution in [0.5, 0.6) is 5.75 Å². The number of nitrogens with one attached hydrogen (secondary N) is 2. The molecular formula is C16H14F3N5O3. The number of benzene rings is 1. The number of alkyl halides is 3. The Kier molecular flexibility index (Phi) is 4.84. The maximum absolute atomic E-state index is 12.3. The Morgan fingerprint density at radius 2 is 2.00 bits per heavy atom. The fourth-order valence-corrected chi connectivity index (χ4v) is 2.49. The Labute approximate surface area is 150 Å². The van der Waals surface area contributed by atoms with E-state index in [2.05, 4.69) is 25.1 Å². The van der Waals surface area contributed by atoms with Gasteiger partial charge in [0.1, 0.15) is 12.1 Å². The minimum absolute atomic E-state index is 0.00122. The number of aromatic amines is 1. The summed E-state index contributed by atoms with van der Waals surface area (Å²) in [5.41, 5.74) is 0.830. The van der Waals surface area contributed by atoms with Crippen molar-refractivity contribution in [1.82, 2.24) is 19.6 Å². The summed E-state index contributed by atoms with van der Waals surface area (Å²) < 4.78 is 41.3. The van der Waals surface area contributed by atoms with E-state index in [1.54, 1.807) is 6.92 Å². The molecule has 8 nitrogen and oxygen atoms in total. The van der Waals surface area contributed by atoms with Crippen molar-refractivity contribution in [2.45, 2.75) is 26.1 Å².